The van der Waals surface area contributed by atoms with Crippen molar-refractivity contribution in [3.05, 3.63) is 53.6 Å². The van der Waals surface area contributed by atoms with Crippen LogP contribution in [-0.2, 0) is 19.7 Å². The summed E-state index contributed by atoms with van der Waals surface area (Å²) in [5, 5.41) is 12.3. The number of hydrogen-bond acceptors (Lipinski definition) is 3. The Morgan fingerprint density at radius 2 is 1.95 bits per heavy atom. The Balaban J connectivity index is 1.91. The van der Waals surface area contributed by atoms with Crippen LogP contribution in [0.3, 0.4) is 0 Å². The lowest BCUT2D eigenvalue weighted by Gasteiger charge is -2.03. The van der Waals surface area contributed by atoms with Crippen LogP contribution in [0, 0.1) is 0 Å². The van der Waals surface area contributed by atoms with Crippen LogP contribution in [0.2, 0.25) is 0 Å². The number of rotatable bonds is 7. The third-order valence-electron chi connectivity index (χ3n) is 2.99. The van der Waals surface area contributed by atoms with Crippen molar-refractivity contribution in [1.29, 1.82) is 0 Å². The fourth-order valence-corrected chi connectivity index (χ4v) is 1.94. The molecule has 0 bridgehead atoms. The second-order valence-electron chi connectivity index (χ2n) is 4.69. The van der Waals surface area contributed by atoms with Crippen LogP contribution in [0.1, 0.15) is 30.2 Å². The number of imidazole rings is 1. The number of benzene rings is 1. The molecule has 0 saturated carbocycles. The lowest BCUT2D eigenvalue weighted by atomic mass is 10.1. The highest BCUT2D eigenvalue weighted by molar-refractivity contribution is 5.22. The van der Waals surface area contributed by atoms with E-state index >= 15 is 0 Å². The first-order valence-corrected chi connectivity index (χ1v) is 6.72. The summed E-state index contributed by atoms with van der Waals surface area (Å²) in [4.78, 5) is 4.38. The number of nitrogens with zero attached hydrogens (tertiary/aromatic N) is 2. The molecule has 0 atom stereocenters. The first kappa shape index (κ1) is 13.8. The monoisotopic (exact) mass is 259 g/mol. The molecule has 0 aliphatic heterocycles. The molecule has 0 spiro atoms. The summed E-state index contributed by atoms with van der Waals surface area (Å²) >= 11 is 0. The molecule has 2 N–H and O–H groups in total. The van der Waals surface area contributed by atoms with Crippen LogP contribution in [0.25, 0.3) is 0 Å². The van der Waals surface area contributed by atoms with Gasteiger partial charge >= 0.3 is 0 Å². The maximum absolute atomic E-state index is 9.00. The summed E-state index contributed by atoms with van der Waals surface area (Å²) < 4.78 is 2.08. The van der Waals surface area contributed by atoms with E-state index in [1.807, 2.05) is 30.6 Å². The Kier molecular flexibility index (Phi) is 5.12. The van der Waals surface area contributed by atoms with Gasteiger partial charge in [0.2, 0.25) is 0 Å². The molecular formula is C15H21N3O. The molecule has 19 heavy (non-hydrogen) atoms. The van der Waals surface area contributed by atoms with Gasteiger partial charge in [0, 0.05) is 19.3 Å². The third-order valence-corrected chi connectivity index (χ3v) is 2.99. The molecule has 0 radical (unpaired) electrons. The SMILES string of the molecule is CCCNCc1cn(Cc2ccc(CO)cc2)cn1. The molecule has 1 heterocycles. The van der Waals surface area contributed by atoms with Gasteiger partial charge < -0.3 is 15.0 Å². The Bertz CT molecular complexity index is 490. The molecule has 0 amide bonds. The largest absolute Gasteiger partial charge is 0.392 e. The summed E-state index contributed by atoms with van der Waals surface area (Å²) in [5.74, 6) is 0. The second kappa shape index (κ2) is 7.07. The van der Waals surface area contributed by atoms with Crippen LogP contribution in [0.15, 0.2) is 36.8 Å². The van der Waals surface area contributed by atoms with Gasteiger partial charge in [-0.25, -0.2) is 4.98 Å². The molecule has 4 heteroatoms. The molecule has 0 aliphatic rings. The number of aliphatic hydroxyl groups is 1. The fourth-order valence-electron chi connectivity index (χ4n) is 1.94. The van der Waals surface area contributed by atoms with Crippen molar-refractivity contribution >= 4 is 0 Å². The normalized spacial score (nSPS) is 10.8. The van der Waals surface area contributed by atoms with Crippen molar-refractivity contribution in [1.82, 2.24) is 14.9 Å². The Morgan fingerprint density at radius 1 is 1.21 bits per heavy atom. The molecule has 2 aromatic rings. The average molecular weight is 259 g/mol. The summed E-state index contributed by atoms with van der Waals surface area (Å²) in [6.07, 6.45) is 5.07. The molecule has 1 aromatic carbocycles. The van der Waals surface area contributed by atoms with Gasteiger partial charge in [-0.05, 0) is 24.1 Å². The van der Waals surface area contributed by atoms with Crippen molar-refractivity contribution in [3.8, 4) is 0 Å². The quantitative estimate of drug-likeness (QED) is 0.747. The summed E-state index contributed by atoms with van der Waals surface area (Å²) in [5.41, 5.74) is 3.22. The van der Waals surface area contributed by atoms with E-state index in [0.717, 1.165) is 37.3 Å². The minimum absolute atomic E-state index is 0.0958. The van der Waals surface area contributed by atoms with Gasteiger partial charge in [-0.2, -0.15) is 0 Å². The maximum Gasteiger partial charge on any atom is 0.0953 e. The van der Waals surface area contributed by atoms with Crippen LogP contribution < -0.4 is 5.32 Å². The first-order valence-electron chi connectivity index (χ1n) is 6.72. The van der Waals surface area contributed by atoms with Gasteiger partial charge in [0.25, 0.3) is 0 Å². The van der Waals surface area contributed by atoms with Crippen molar-refractivity contribution in [2.75, 3.05) is 6.54 Å². The van der Waals surface area contributed by atoms with Crippen LogP contribution >= 0.6 is 0 Å². The predicted octanol–water partition coefficient (Wildman–Crippen LogP) is 1.92. The summed E-state index contributed by atoms with van der Waals surface area (Å²) in [7, 11) is 0. The van der Waals surface area contributed by atoms with Gasteiger partial charge in [-0.15, -0.1) is 0 Å². The highest BCUT2D eigenvalue weighted by atomic mass is 16.3. The van der Waals surface area contributed by atoms with E-state index < -0.39 is 0 Å². The van der Waals surface area contributed by atoms with Gasteiger partial charge in [0.05, 0.1) is 18.6 Å². The molecule has 102 valence electrons. The summed E-state index contributed by atoms with van der Waals surface area (Å²) in [6.45, 7) is 4.91. The van der Waals surface area contributed by atoms with Gasteiger partial charge in [0.1, 0.15) is 0 Å². The highest BCUT2D eigenvalue weighted by Crippen LogP contribution is 2.07. The first-order chi connectivity index (χ1) is 9.31. The molecular weight excluding hydrogens is 238 g/mol. The van der Waals surface area contributed by atoms with E-state index in [9.17, 15) is 0 Å². The van der Waals surface area contributed by atoms with E-state index in [-0.39, 0.29) is 6.61 Å². The van der Waals surface area contributed by atoms with E-state index in [0.29, 0.717) is 0 Å². The van der Waals surface area contributed by atoms with Crippen molar-refractivity contribution in [2.24, 2.45) is 0 Å². The average Bonchev–Trinajstić information content (AvgIpc) is 2.88. The molecule has 2 rings (SSSR count). The molecule has 0 aliphatic carbocycles. The minimum Gasteiger partial charge on any atom is -0.392 e. The second-order valence-corrected chi connectivity index (χ2v) is 4.69. The van der Waals surface area contributed by atoms with Crippen molar-refractivity contribution < 1.29 is 5.11 Å². The zero-order chi connectivity index (χ0) is 13.5. The molecule has 0 unspecified atom stereocenters. The van der Waals surface area contributed by atoms with E-state index in [1.165, 1.54) is 5.56 Å². The fraction of sp³-hybridized carbons (Fsp3) is 0.400. The number of aliphatic hydroxyl groups excluding tert-OH is 1. The Hall–Kier alpha value is -1.65. The van der Waals surface area contributed by atoms with Crippen molar-refractivity contribution in [2.45, 2.75) is 33.0 Å². The lowest BCUT2D eigenvalue weighted by Crippen LogP contribution is -2.13. The molecule has 0 fully saturated rings. The Labute approximate surface area is 114 Å². The number of nitrogens with one attached hydrogen (secondary N) is 1. The lowest BCUT2D eigenvalue weighted by molar-refractivity contribution is 0.282. The number of hydrogen-bond donors (Lipinski definition) is 2. The van der Waals surface area contributed by atoms with E-state index in [4.69, 9.17) is 5.11 Å². The third kappa shape index (κ3) is 4.19. The predicted molar refractivity (Wildman–Crippen MR) is 75.7 cm³/mol. The highest BCUT2D eigenvalue weighted by Gasteiger charge is 2.00. The smallest absolute Gasteiger partial charge is 0.0953 e. The van der Waals surface area contributed by atoms with Crippen LogP contribution in [0.5, 0.6) is 0 Å². The van der Waals surface area contributed by atoms with E-state index in [2.05, 4.69) is 28.0 Å². The van der Waals surface area contributed by atoms with Crippen LogP contribution in [-0.4, -0.2) is 21.2 Å². The van der Waals surface area contributed by atoms with Gasteiger partial charge in [-0.1, -0.05) is 31.2 Å². The summed E-state index contributed by atoms with van der Waals surface area (Å²) in [6, 6.07) is 7.99. The standard InChI is InChI=1S/C15H21N3O/c1-2-7-16-8-15-10-18(12-17-15)9-13-3-5-14(11-19)6-4-13/h3-6,10,12,16,19H,2,7-9,11H2,1H3. The number of aromatic nitrogens is 2. The molecule has 1 aromatic heterocycles. The van der Waals surface area contributed by atoms with Gasteiger partial charge in [-0.3, -0.25) is 0 Å². The topological polar surface area (TPSA) is 50.1 Å². The van der Waals surface area contributed by atoms with Crippen molar-refractivity contribution in [3.63, 3.8) is 0 Å². The van der Waals surface area contributed by atoms with E-state index in [1.54, 1.807) is 0 Å². The molecule has 0 saturated heterocycles. The Morgan fingerprint density at radius 3 is 2.63 bits per heavy atom. The van der Waals surface area contributed by atoms with Gasteiger partial charge in [0.15, 0.2) is 0 Å². The zero-order valence-corrected chi connectivity index (χ0v) is 11.3. The van der Waals surface area contributed by atoms with Crippen LogP contribution in [0.4, 0.5) is 0 Å². The minimum atomic E-state index is 0.0958. The maximum atomic E-state index is 9.00. The molecule has 4 nitrogen and oxygen atoms in total. The zero-order valence-electron chi connectivity index (χ0n) is 11.3.